The third-order valence-corrected chi connectivity index (χ3v) is 2.95. The van der Waals surface area contributed by atoms with Gasteiger partial charge in [-0.15, -0.1) is 0 Å². The van der Waals surface area contributed by atoms with Crippen LogP contribution in [0.4, 0.5) is 5.82 Å². The molecule has 0 atom stereocenters. The lowest BCUT2D eigenvalue weighted by molar-refractivity contribution is 0.340. The number of aromatic nitrogens is 1. The minimum atomic E-state index is 0.632. The van der Waals surface area contributed by atoms with Crippen LogP contribution in [0, 0.1) is 0 Å². The predicted molar refractivity (Wildman–Crippen MR) is 80.6 cm³/mol. The SMILES string of the molecule is CCOc1cccnc1NCCc1ccccc1OC. The van der Waals surface area contributed by atoms with E-state index in [0.29, 0.717) is 6.61 Å². The monoisotopic (exact) mass is 272 g/mol. The van der Waals surface area contributed by atoms with Crippen molar-refractivity contribution < 1.29 is 9.47 Å². The van der Waals surface area contributed by atoms with Crippen molar-refractivity contribution in [2.45, 2.75) is 13.3 Å². The molecule has 0 aliphatic carbocycles. The Kier molecular flexibility index (Phi) is 5.24. The van der Waals surface area contributed by atoms with Crippen molar-refractivity contribution in [3.8, 4) is 11.5 Å². The number of ether oxygens (including phenoxy) is 2. The molecule has 0 spiro atoms. The molecule has 1 N–H and O–H groups in total. The van der Waals surface area contributed by atoms with E-state index in [0.717, 1.165) is 30.3 Å². The van der Waals surface area contributed by atoms with E-state index in [4.69, 9.17) is 9.47 Å². The first-order valence-corrected chi connectivity index (χ1v) is 6.78. The maximum Gasteiger partial charge on any atom is 0.168 e. The minimum Gasteiger partial charge on any atom is -0.496 e. The van der Waals surface area contributed by atoms with E-state index in [1.807, 2.05) is 37.3 Å². The highest BCUT2D eigenvalue weighted by Crippen LogP contribution is 2.22. The van der Waals surface area contributed by atoms with Crippen LogP contribution in [0.15, 0.2) is 42.6 Å². The molecule has 1 heterocycles. The molecule has 0 aliphatic heterocycles. The van der Waals surface area contributed by atoms with Crippen LogP contribution in [0.3, 0.4) is 0 Å². The fourth-order valence-corrected chi connectivity index (χ4v) is 2.02. The lowest BCUT2D eigenvalue weighted by Crippen LogP contribution is -2.08. The first kappa shape index (κ1) is 14.2. The average molecular weight is 272 g/mol. The molecule has 4 nitrogen and oxygen atoms in total. The van der Waals surface area contributed by atoms with Crippen molar-refractivity contribution >= 4 is 5.82 Å². The number of rotatable bonds is 7. The molecule has 1 aromatic carbocycles. The van der Waals surface area contributed by atoms with Crippen LogP contribution in [0.2, 0.25) is 0 Å². The molecule has 20 heavy (non-hydrogen) atoms. The number of pyridine rings is 1. The highest BCUT2D eigenvalue weighted by atomic mass is 16.5. The largest absolute Gasteiger partial charge is 0.496 e. The summed E-state index contributed by atoms with van der Waals surface area (Å²) in [5.74, 6) is 2.49. The number of methoxy groups -OCH3 is 1. The van der Waals surface area contributed by atoms with Crippen molar-refractivity contribution in [2.75, 3.05) is 25.6 Å². The van der Waals surface area contributed by atoms with E-state index in [9.17, 15) is 0 Å². The fraction of sp³-hybridized carbons (Fsp3) is 0.312. The summed E-state index contributed by atoms with van der Waals surface area (Å²) in [5.41, 5.74) is 1.18. The Balaban J connectivity index is 1.96. The minimum absolute atomic E-state index is 0.632. The summed E-state index contributed by atoms with van der Waals surface area (Å²) in [5, 5.41) is 3.31. The molecule has 0 unspecified atom stereocenters. The lowest BCUT2D eigenvalue weighted by atomic mass is 10.1. The van der Waals surface area contributed by atoms with Gasteiger partial charge in [-0.3, -0.25) is 0 Å². The number of nitrogens with zero attached hydrogens (tertiary/aromatic N) is 1. The molecule has 0 saturated heterocycles. The van der Waals surface area contributed by atoms with E-state index < -0.39 is 0 Å². The van der Waals surface area contributed by atoms with Gasteiger partial charge < -0.3 is 14.8 Å². The first-order chi connectivity index (χ1) is 9.85. The standard InChI is InChI=1S/C16H20N2O2/c1-3-20-15-9-6-11-17-16(15)18-12-10-13-7-4-5-8-14(13)19-2/h4-9,11H,3,10,12H2,1-2H3,(H,17,18). The van der Waals surface area contributed by atoms with Gasteiger partial charge in [0.1, 0.15) is 5.75 Å². The van der Waals surface area contributed by atoms with Crippen LogP contribution in [-0.4, -0.2) is 25.2 Å². The Morgan fingerprint density at radius 2 is 1.90 bits per heavy atom. The lowest BCUT2D eigenvalue weighted by Gasteiger charge is -2.12. The second kappa shape index (κ2) is 7.38. The number of hydrogen-bond acceptors (Lipinski definition) is 4. The Morgan fingerprint density at radius 1 is 1.10 bits per heavy atom. The van der Waals surface area contributed by atoms with Crippen LogP contribution in [-0.2, 0) is 6.42 Å². The van der Waals surface area contributed by atoms with Gasteiger partial charge in [0, 0.05) is 12.7 Å². The Bertz CT molecular complexity index is 544. The zero-order chi connectivity index (χ0) is 14.2. The summed E-state index contributed by atoms with van der Waals surface area (Å²) in [4.78, 5) is 4.30. The molecule has 0 bridgehead atoms. The zero-order valence-electron chi connectivity index (χ0n) is 11.9. The molecule has 0 radical (unpaired) electrons. The van der Waals surface area contributed by atoms with Gasteiger partial charge in [0.2, 0.25) is 0 Å². The summed E-state index contributed by atoms with van der Waals surface area (Å²) in [6.07, 6.45) is 2.63. The molecule has 0 fully saturated rings. The molecule has 2 aromatic rings. The number of anilines is 1. The molecule has 106 valence electrons. The number of nitrogens with one attached hydrogen (secondary N) is 1. The molecule has 0 aliphatic rings. The topological polar surface area (TPSA) is 43.4 Å². The highest BCUT2D eigenvalue weighted by Gasteiger charge is 2.05. The summed E-state index contributed by atoms with van der Waals surface area (Å²) in [7, 11) is 1.69. The molecular weight excluding hydrogens is 252 g/mol. The van der Waals surface area contributed by atoms with Crippen molar-refractivity contribution in [2.24, 2.45) is 0 Å². The van der Waals surface area contributed by atoms with E-state index in [1.165, 1.54) is 5.56 Å². The molecule has 4 heteroatoms. The number of benzene rings is 1. The molecule has 0 saturated carbocycles. The van der Waals surface area contributed by atoms with E-state index in [2.05, 4.69) is 16.4 Å². The van der Waals surface area contributed by atoms with Gasteiger partial charge in [0.25, 0.3) is 0 Å². The van der Waals surface area contributed by atoms with Crippen molar-refractivity contribution in [1.29, 1.82) is 0 Å². The van der Waals surface area contributed by atoms with Gasteiger partial charge in [0.15, 0.2) is 11.6 Å². The summed E-state index contributed by atoms with van der Waals surface area (Å²) in [6.45, 7) is 3.37. The second-order valence-electron chi connectivity index (χ2n) is 4.27. The number of para-hydroxylation sites is 1. The van der Waals surface area contributed by atoms with Crippen LogP contribution >= 0.6 is 0 Å². The smallest absolute Gasteiger partial charge is 0.168 e. The third-order valence-electron chi connectivity index (χ3n) is 2.95. The van der Waals surface area contributed by atoms with Crippen LogP contribution in [0.25, 0.3) is 0 Å². The van der Waals surface area contributed by atoms with Gasteiger partial charge >= 0.3 is 0 Å². The third kappa shape index (κ3) is 3.63. The van der Waals surface area contributed by atoms with Crippen molar-refractivity contribution in [3.63, 3.8) is 0 Å². The van der Waals surface area contributed by atoms with Gasteiger partial charge in [-0.2, -0.15) is 0 Å². The van der Waals surface area contributed by atoms with Crippen LogP contribution in [0.1, 0.15) is 12.5 Å². The normalized spacial score (nSPS) is 10.1. The van der Waals surface area contributed by atoms with Gasteiger partial charge in [-0.1, -0.05) is 18.2 Å². The Labute approximate surface area is 119 Å². The molecule has 0 amide bonds. The van der Waals surface area contributed by atoms with Gasteiger partial charge in [-0.25, -0.2) is 4.98 Å². The molecular formula is C16H20N2O2. The zero-order valence-corrected chi connectivity index (χ0v) is 11.9. The van der Waals surface area contributed by atoms with Gasteiger partial charge in [0.05, 0.1) is 13.7 Å². The average Bonchev–Trinajstić information content (AvgIpc) is 2.50. The summed E-state index contributed by atoms with van der Waals surface area (Å²) < 4.78 is 10.9. The van der Waals surface area contributed by atoms with Crippen molar-refractivity contribution in [3.05, 3.63) is 48.2 Å². The Hall–Kier alpha value is -2.23. The summed E-state index contributed by atoms with van der Waals surface area (Å²) >= 11 is 0. The number of hydrogen-bond donors (Lipinski definition) is 1. The van der Waals surface area contributed by atoms with E-state index in [1.54, 1.807) is 13.3 Å². The van der Waals surface area contributed by atoms with E-state index >= 15 is 0 Å². The molecule has 2 rings (SSSR count). The Morgan fingerprint density at radius 3 is 2.70 bits per heavy atom. The first-order valence-electron chi connectivity index (χ1n) is 6.78. The quantitative estimate of drug-likeness (QED) is 0.841. The highest BCUT2D eigenvalue weighted by molar-refractivity contribution is 5.49. The van der Waals surface area contributed by atoms with Crippen molar-refractivity contribution in [1.82, 2.24) is 4.98 Å². The molecule has 1 aromatic heterocycles. The maximum absolute atomic E-state index is 5.53. The van der Waals surface area contributed by atoms with Crippen LogP contribution in [0.5, 0.6) is 11.5 Å². The van der Waals surface area contributed by atoms with E-state index in [-0.39, 0.29) is 0 Å². The summed E-state index contributed by atoms with van der Waals surface area (Å²) in [6, 6.07) is 11.8. The second-order valence-corrected chi connectivity index (χ2v) is 4.27. The fourth-order valence-electron chi connectivity index (χ4n) is 2.02. The van der Waals surface area contributed by atoms with Gasteiger partial charge in [-0.05, 0) is 37.1 Å². The maximum atomic E-state index is 5.53. The predicted octanol–water partition coefficient (Wildman–Crippen LogP) is 3.14. The van der Waals surface area contributed by atoms with Crippen LogP contribution < -0.4 is 14.8 Å².